The molecule has 1 aromatic rings. The molecule has 0 aromatic heterocycles. The van der Waals surface area contributed by atoms with Gasteiger partial charge in [-0.05, 0) is 5.56 Å². The Morgan fingerprint density at radius 3 is 2.64 bits per heavy atom. The zero-order chi connectivity index (χ0) is 9.97. The molecule has 1 aromatic carbocycles. The minimum absolute atomic E-state index is 0.0300. The van der Waals surface area contributed by atoms with Crippen LogP contribution in [0.25, 0.3) is 0 Å². The maximum Gasteiger partial charge on any atom is 0.163 e. The SMILES string of the molecule is C[C@@H]1C(c2ccccc2)=NO[C@@H]1CF. The quantitative estimate of drug-likeness (QED) is 0.706. The first-order valence-corrected chi connectivity index (χ1v) is 4.68. The maximum atomic E-state index is 12.4. The molecule has 0 N–H and O–H groups in total. The Labute approximate surface area is 82.4 Å². The van der Waals surface area contributed by atoms with E-state index in [0.29, 0.717) is 0 Å². The molecule has 0 fully saturated rings. The molecule has 0 saturated carbocycles. The predicted octanol–water partition coefficient (Wildman–Crippen LogP) is 2.40. The van der Waals surface area contributed by atoms with Crippen molar-refractivity contribution in [2.24, 2.45) is 11.1 Å². The van der Waals surface area contributed by atoms with Gasteiger partial charge in [-0.25, -0.2) is 4.39 Å². The Bertz CT molecular complexity index is 336. The van der Waals surface area contributed by atoms with E-state index in [1.54, 1.807) is 0 Å². The molecule has 1 aliphatic heterocycles. The Morgan fingerprint density at radius 2 is 2.07 bits per heavy atom. The summed E-state index contributed by atoms with van der Waals surface area (Å²) in [7, 11) is 0. The average Bonchev–Trinajstić information content (AvgIpc) is 2.61. The van der Waals surface area contributed by atoms with Gasteiger partial charge < -0.3 is 4.84 Å². The molecule has 0 amide bonds. The van der Waals surface area contributed by atoms with E-state index in [9.17, 15) is 4.39 Å². The number of nitrogens with zero attached hydrogens (tertiary/aromatic N) is 1. The molecule has 1 heterocycles. The molecule has 14 heavy (non-hydrogen) atoms. The first-order valence-electron chi connectivity index (χ1n) is 4.68. The Hall–Kier alpha value is -1.38. The predicted molar refractivity (Wildman–Crippen MR) is 53.0 cm³/mol. The third-order valence-corrected chi connectivity index (χ3v) is 2.50. The molecular formula is C11H12FNO. The second-order valence-electron chi connectivity index (χ2n) is 3.43. The Kier molecular flexibility index (Phi) is 2.48. The molecule has 0 bridgehead atoms. The van der Waals surface area contributed by atoms with Crippen molar-refractivity contribution in [1.29, 1.82) is 0 Å². The number of hydrogen-bond donors (Lipinski definition) is 0. The van der Waals surface area contributed by atoms with Crippen LogP contribution in [0.2, 0.25) is 0 Å². The van der Waals surface area contributed by atoms with Crippen LogP contribution in [0.1, 0.15) is 12.5 Å². The first-order chi connectivity index (χ1) is 6.83. The van der Waals surface area contributed by atoms with Crippen molar-refractivity contribution < 1.29 is 9.23 Å². The molecule has 2 atom stereocenters. The highest BCUT2D eigenvalue weighted by atomic mass is 19.1. The number of alkyl halides is 1. The zero-order valence-corrected chi connectivity index (χ0v) is 7.98. The van der Waals surface area contributed by atoms with E-state index in [4.69, 9.17) is 4.84 Å². The maximum absolute atomic E-state index is 12.4. The minimum Gasteiger partial charge on any atom is -0.389 e. The van der Waals surface area contributed by atoms with Gasteiger partial charge in [0.1, 0.15) is 6.67 Å². The highest BCUT2D eigenvalue weighted by Gasteiger charge is 2.30. The van der Waals surface area contributed by atoms with Gasteiger partial charge in [-0.15, -0.1) is 0 Å². The van der Waals surface area contributed by atoms with E-state index in [1.807, 2.05) is 37.3 Å². The monoisotopic (exact) mass is 193 g/mol. The standard InChI is InChI=1S/C11H12FNO/c1-8-10(7-12)14-13-11(8)9-5-3-2-4-6-9/h2-6,8,10H,7H2,1H3/t8-,10+/m0/s1. The van der Waals surface area contributed by atoms with E-state index < -0.39 is 12.8 Å². The summed E-state index contributed by atoms with van der Waals surface area (Å²) >= 11 is 0. The molecule has 0 saturated heterocycles. The van der Waals surface area contributed by atoms with Crippen molar-refractivity contribution in [3.05, 3.63) is 35.9 Å². The Balaban J connectivity index is 2.22. The van der Waals surface area contributed by atoms with Crippen LogP contribution in [0.4, 0.5) is 4.39 Å². The van der Waals surface area contributed by atoms with Gasteiger partial charge in [0.05, 0.1) is 5.71 Å². The van der Waals surface area contributed by atoms with Gasteiger partial charge in [0.2, 0.25) is 0 Å². The van der Waals surface area contributed by atoms with Crippen molar-refractivity contribution in [3.8, 4) is 0 Å². The molecule has 2 nitrogen and oxygen atoms in total. The zero-order valence-electron chi connectivity index (χ0n) is 7.98. The van der Waals surface area contributed by atoms with Gasteiger partial charge in [0.25, 0.3) is 0 Å². The van der Waals surface area contributed by atoms with Gasteiger partial charge in [-0.3, -0.25) is 0 Å². The van der Waals surface area contributed by atoms with Gasteiger partial charge in [-0.2, -0.15) is 0 Å². The highest BCUT2D eigenvalue weighted by molar-refractivity contribution is 6.02. The van der Waals surface area contributed by atoms with Crippen LogP contribution in [-0.4, -0.2) is 18.5 Å². The van der Waals surface area contributed by atoms with E-state index in [-0.39, 0.29) is 5.92 Å². The number of rotatable bonds is 2. The van der Waals surface area contributed by atoms with Crippen LogP contribution < -0.4 is 0 Å². The third kappa shape index (κ3) is 1.50. The second kappa shape index (κ2) is 3.78. The lowest BCUT2D eigenvalue weighted by Crippen LogP contribution is -2.22. The van der Waals surface area contributed by atoms with E-state index in [0.717, 1.165) is 11.3 Å². The normalized spacial score (nSPS) is 25.7. The summed E-state index contributed by atoms with van der Waals surface area (Å²) in [6.45, 7) is 1.45. The van der Waals surface area contributed by atoms with Crippen LogP contribution in [-0.2, 0) is 4.84 Å². The fourth-order valence-corrected chi connectivity index (χ4v) is 1.56. The largest absolute Gasteiger partial charge is 0.389 e. The highest BCUT2D eigenvalue weighted by Crippen LogP contribution is 2.22. The molecule has 2 rings (SSSR count). The van der Waals surface area contributed by atoms with Crippen LogP contribution >= 0.6 is 0 Å². The average molecular weight is 193 g/mol. The van der Waals surface area contributed by atoms with Crippen molar-refractivity contribution in [3.63, 3.8) is 0 Å². The van der Waals surface area contributed by atoms with Gasteiger partial charge in [0, 0.05) is 5.92 Å². The Morgan fingerprint density at radius 1 is 1.36 bits per heavy atom. The van der Waals surface area contributed by atoms with Gasteiger partial charge in [0.15, 0.2) is 6.10 Å². The smallest absolute Gasteiger partial charge is 0.163 e. The lowest BCUT2D eigenvalue weighted by molar-refractivity contribution is 0.0464. The van der Waals surface area contributed by atoms with Gasteiger partial charge in [-0.1, -0.05) is 42.4 Å². The van der Waals surface area contributed by atoms with Crippen molar-refractivity contribution in [1.82, 2.24) is 0 Å². The molecule has 0 spiro atoms. The summed E-state index contributed by atoms with van der Waals surface area (Å²) in [5, 5.41) is 3.92. The second-order valence-corrected chi connectivity index (χ2v) is 3.43. The summed E-state index contributed by atoms with van der Waals surface area (Å²) in [5.74, 6) is 0.0300. The summed E-state index contributed by atoms with van der Waals surface area (Å²) in [6.07, 6.45) is -0.412. The van der Waals surface area contributed by atoms with Gasteiger partial charge >= 0.3 is 0 Å². The number of benzene rings is 1. The van der Waals surface area contributed by atoms with Crippen molar-refractivity contribution in [2.45, 2.75) is 13.0 Å². The van der Waals surface area contributed by atoms with Crippen molar-refractivity contribution in [2.75, 3.05) is 6.67 Å². The van der Waals surface area contributed by atoms with Crippen LogP contribution in [0.15, 0.2) is 35.5 Å². The summed E-state index contributed by atoms with van der Waals surface area (Å²) in [6, 6.07) is 9.73. The molecule has 3 heteroatoms. The molecule has 74 valence electrons. The molecule has 1 aliphatic rings. The lowest BCUT2D eigenvalue weighted by Gasteiger charge is -2.09. The van der Waals surface area contributed by atoms with E-state index in [2.05, 4.69) is 5.16 Å². The lowest BCUT2D eigenvalue weighted by atomic mass is 9.95. The van der Waals surface area contributed by atoms with Crippen LogP contribution in [0, 0.1) is 5.92 Å². The first kappa shape index (κ1) is 9.19. The summed E-state index contributed by atoms with van der Waals surface area (Å²) in [5.41, 5.74) is 1.85. The number of halogens is 1. The topological polar surface area (TPSA) is 21.6 Å². The summed E-state index contributed by atoms with van der Waals surface area (Å²) < 4.78 is 12.4. The summed E-state index contributed by atoms with van der Waals surface area (Å²) in [4.78, 5) is 4.99. The fraction of sp³-hybridized carbons (Fsp3) is 0.364. The van der Waals surface area contributed by atoms with Crippen LogP contribution in [0.3, 0.4) is 0 Å². The fourth-order valence-electron chi connectivity index (χ4n) is 1.56. The molecular weight excluding hydrogens is 181 g/mol. The van der Waals surface area contributed by atoms with Crippen molar-refractivity contribution >= 4 is 5.71 Å². The number of oxime groups is 1. The molecule has 0 radical (unpaired) electrons. The molecule has 0 aliphatic carbocycles. The minimum atomic E-state index is -0.485. The van der Waals surface area contributed by atoms with E-state index >= 15 is 0 Å². The van der Waals surface area contributed by atoms with Crippen LogP contribution in [0.5, 0.6) is 0 Å². The number of hydrogen-bond acceptors (Lipinski definition) is 2. The van der Waals surface area contributed by atoms with E-state index in [1.165, 1.54) is 0 Å². The third-order valence-electron chi connectivity index (χ3n) is 2.50. The molecule has 0 unspecified atom stereocenters.